The minimum Gasteiger partial charge on any atom is -0.423 e. The summed E-state index contributed by atoms with van der Waals surface area (Å²) in [6.07, 6.45) is 8.27. The average Bonchev–Trinajstić information content (AvgIpc) is 2.89. The maximum Gasteiger partial charge on any atom is 0.336 e. The van der Waals surface area contributed by atoms with Crippen LogP contribution < -0.4 is 4.74 Å². The van der Waals surface area contributed by atoms with Gasteiger partial charge in [-0.05, 0) is 71.7 Å². The molecule has 35 heavy (non-hydrogen) atoms. The highest BCUT2D eigenvalue weighted by Crippen LogP contribution is 2.24. The average molecular weight is 467 g/mol. The Labute approximate surface area is 211 Å². The third kappa shape index (κ3) is 10.0. The fourth-order valence-corrected chi connectivity index (χ4v) is 3.27. The summed E-state index contributed by atoms with van der Waals surface area (Å²) in [6.45, 7) is 15.6. The SMILES string of the molecule is C=CC(=C)C.CCc1ccc(/C=C/C(=O)Oc2ccc(-c3ccc(CC(C)CC)cc3)cc2)cc1. The number of carbonyl (C=O) groups is 1. The van der Waals surface area contributed by atoms with E-state index in [2.05, 4.69) is 70.3 Å². The summed E-state index contributed by atoms with van der Waals surface area (Å²) >= 11 is 0. The molecule has 3 aromatic carbocycles. The van der Waals surface area contributed by atoms with Gasteiger partial charge in [0.15, 0.2) is 0 Å². The number of benzene rings is 3. The normalized spacial score (nSPS) is 11.3. The highest BCUT2D eigenvalue weighted by Gasteiger charge is 2.04. The summed E-state index contributed by atoms with van der Waals surface area (Å²) in [5.74, 6) is 0.870. The molecular formula is C33H38O2. The molecule has 0 bridgehead atoms. The topological polar surface area (TPSA) is 26.3 Å². The lowest BCUT2D eigenvalue weighted by molar-refractivity contribution is -0.128. The molecule has 182 valence electrons. The highest BCUT2D eigenvalue weighted by molar-refractivity contribution is 5.88. The summed E-state index contributed by atoms with van der Waals surface area (Å²) in [5.41, 5.74) is 6.92. The first-order chi connectivity index (χ1) is 16.8. The molecule has 2 heteroatoms. The van der Waals surface area contributed by atoms with Crippen LogP contribution in [0.3, 0.4) is 0 Å². The Bertz CT molecular complexity index is 1100. The van der Waals surface area contributed by atoms with Gasteiger partial charge in [-0.2, -0.15) is 0 Å². The van der Waals surface area contributed by atoms with Crippen molar-refractivity contribution in [2.45, 2.75) is 47.0 Å². The number of esters is 1. The Hall–Kier alpha value is -3.65. The smallest absolute Gasteiger partial charge is 0.336 e. The number of aryl methyl sites for hydroxylation is 1. The molecule has 0 saturated heterocycles. The van der Waals surface area contributed by atoms with Crippen molar-refractivity contribution >= 4 is 12.0 Å². The lowest BCUT2D eigenvalue weighted by Crippen LogP contribution is -2.03. The van der Waals surface area contributed by atoms with E-state index in [0.717, 1.165) is 35.1 Å². The first kappa shape index (κ1) is 27.6. The highest BCUT2D eigenvalue weighted by atomic mass is 16.5. The van der Waals surface area contributed by atoms with Crippen molar-refractivity contribution < 1.29 is 9.53 Å². The van der Waals surface area contributed by atoms with Gasteiger partial charge in [-0.1, -0.05) is 113 Å². The van der Waals surface area contributed by atoms with Crippen LogP contribution in [0.1, 0.15) is 50.8 Å². The van der Waals surface area contributed by atoms with Gasteiger partial charge in [-0.15, -0.1) is 0 Å². The molecule has 0 fully saturated rings. The van der Waals surface area contributed by atoms with E-state index in [1.54, 1.807) is 12.2 Å². The standard InChI is InChI=1S/C28H30O2.C5H8/c1-4-21(3)20-24-10-13-25(14-11-24)26-15-17-27(18-16-26)30-28(29)19-12-23-8-6-22(5-2)7-9-23;1-4-5(2)3/h6-19,21H,4-5,20H2,1-3H3;4H,1-2H2,3H3/b19-12+;. The van der Waals surface area contributed by atoms with Crippen LogP contribution in [0.4, 0.5) is 0 Å². The molecule has 1 atom stereocenters. The zero-order valence-electron chi connectivity index (χ0n) is 21.6. The first-order valence-corrected chi connectivity index (χ1v) is 12.3. The summed E-state index contributed by atoms with van der Waals surface area (Å²) in [5, 5.41) is 0. The summed E-state index contributed by atoms with van der Waals surface area (Å²) in [4.78, 5) is 12.1. The maximum absolute atomic E-state index is 12.1. The van der Waals surface area contributed by atoms with Gasteiger partial charge in [-0.3, -0.25) is 0 Å². The zero-order valence-corrected chi connectivity index (χ0v) is 21.6. The van der Waals surface area contributed by atoms with Crippen molar-refractivity contribution in [2.75, 3.05) is 0 Å². The molecule has 0 N–H and O–H groups in total. The lowest BCUT2D eigenvalue weighted by Gasteiger charge is -2.09. The van der Waals surface area contributed by atoms with E-state index in [-0.39, 0.29) is 5.97 Å². The molecule has 0 aliphatic carbocycles. The lowest BCUT2D eigenvalue weighted by atomic mass is 9.97. The van der Waals surface area contributed by atoms with Crippen LogP contribution >= 0.6 is 0 Å². The zero-order chi connectivity index (χ0) is 25.6. The largest absolute Gasteiger partial charge is 0.423 e. The van der Waals surface area contributed by atoms with E-state index < -0.39 is 0 Å². The maximum atomic E-state index is 12.1. The second-order valence-corrected chi connectivity index (χ2v) is 8.84. The van der Waals surface area contributed by atoms with Gasteiger partial charge in [0.05, 0.1) is 0 Å². The fraction of sp³-hybridized carbons (Fsp3) is 0.242. The third-order valence-electron chi connectivity index (χ3n) is 5.79. The van der Waals surface area contributed by atoms with Gasteiger partial charge in [0.2, 0.25) is 0 Å². The van der Waals surface area contributed by atoms with E-state index in [9.17, 15) is 4.79 Å². The second kappa shape index (κ2) is 14.6. The molecule has 3 aromatic rings. The van der Waals surface area contributed by atoms with E-state index in [1.807, 2.05) is 43.3 Å². The number of hydrogen-bond donors (Lipinski definition) is 0. The van der Waals surface area contributed by atoms with Crippen LogP contribution in [0.25, 0.3) is 17.2 Å². The molecule has 0 amide bonds. The monoisotopic (exact) mass is 466 g/mol. The van der Waals surface area contributed by atoms with Gasteiger partial charge in [-0.25, -0.2) is 4.79 Å². The van der Waals surface area contributed by atoms with Crippen LogP contribution in [-0.2, 0) is 17.6 Å². The van der Waals surface area contributed by atoms with Gasteiger partial charge in [0.25, 0.3) is 0 Å². The van der Waals surface area contributed by atoms with Crippen molar-refractivity contribution in [3.63, 3.8) is 0 Å². The van der Waals surface area contributed by atoms with Crippen LogP contribution in [0, 0.1) is 5.92 Å². The van der Waals surface area contributed by atoms with Crippen molar-refractivity contribution in [1.29, 1.82) is 0 Å². The van der Waals surface area contributed by atoms with Crippen LogP contribution in [0.2, 0.25) is 0 Å². The van der Waals surface area contributed by atoms with Crippen molar-refractivity contribution in [3.8, 4) is 16.9 Å². The van der Waals surface area contributed by atoms with Crippen molar-refractivity contribution in [3.05, 3.63) is 120 Å². The second-order valence-electron chi connectivity index (χ2n) is 8.84. The number of allylic oxidation sites excluding steroid dienone is 2. The predicted octanol–water partition coefficient (Wildman–Crippen LogP) is 8.87. The molecule has 0 saturated carbocycles. The molecule has 0 spiro atoms. The van der Waals surface area contributed by atoms with Gasteiger partial charge in [0.1, 0.15) is 5.75 Å². The molecule has 0 aliphatic rings. The Kier molecular flexibility index (Phi) is 11.5. The summed E-state index contributed by atoms with van der Waals surface area (Å²) < 4.78 is 5.42. The Morgan fingerprint density at radius 3 is 1.89 bits per heavy atom. The number of carbonyl (C=O) groups excluding carboxylic acids is 1. The predicted molar refractivity (Wildman–Crippen MR) is 151 cm³/mol. The van der Waals surface area contributed by atoms with E-state index in [4.69, 9.17) is 4.74 Å². The van der Waals surface area contributed by atoms with Gasteiger partial charge >= 0.3 is 5.97 Å². The van der Waals surface area contributed by atoms with E-state index >= 15 is 0 Å². The third-order valence-corrected chi connectivity index (χ3v) is 5.79. The van der Waals surface area contributed by atoms with Gasteiger partial charge < -0.3 is 4.74 Å². The quantitative estimate of drug-likeness (QED) is 0.136. The molecule has 2 nitrogen and oxygen atoms in total. The van der Waals surface area contributed by atoms with Crippen LogP contribution in [-0.4, -0.2) is 5.97 Å². The molecule has 3 rings (SSSR count). The number of rotatable bonds is 9. The summed E-state index contributed by atoms with van der Waals surface area (Å²) in [7, 11) is 0. The Morgan fingerprint density at radius 1 is 0.886 bits per heavy atom. The first-order valence-electron chi connectivity index (χ1n) is 12.3. The van der Waals surface area contributed by atoms with E-state index in [1.165, 1.54) is 23.6 Å². The minimum absolute atomic E-state index is 0.378. The number of ether oxygens (including phenoxy) is 1. The Morgan fingerprint density at radius 2 is 1.40 bits per heavy atom. The van der Waals surface area contributed by atoms with E-state index in [0.29, 0.717) is 11.7 Å². The van der Waals surface area contributed by atoms with Crippen LogP contribution in [0.5, 0.6) is 5.75 Å². The van der Waals surface area contributed by atoms with Gasteiger partial charge in [0, 0.05) is 6.08 Å². The van der Waals surface area contributed by atoms with Crippen molar-refractivity contribution in [2.24, 2.45) is 5.92 Å². The fourth-order valence-electron chi connectivity index (χ4n) is 3.27. The molecule has 0 aliphatic heterocycles. The molecule has 0 radical (unpaired) electrons. The number of hydrogen-bond acceptors (Lipinski definition) is 2. The Balaban J connectivity index is 0.000000784. The molecule has 0 aromatic heterocycles. The minimum atomic E-state index is -0.378. The molecule has 0 heterocycles. The molecular weight excluding hydrogens is 428 g/mol. The van der Waals surface area contributed by atoms with Crippen molar-refractivity contribution in [1.82, 2.24) is 0 Å². The van der Waals surface area contributed by atoms with Crippen LogP contribution in [0.15, 0.2) is 104 Å². The molecule has 1 unspecified atom stereocenters. The summed E-state index contributed by atoms with van der Waals surface area (Å²) in [6, 6.07) is 24.5.